The van der Waals surface area contributed by atoms with E-state index in [0.29, 0.717) is 18.4 Å². The summed E-state index contributed by atoms with van der Waals surface area (Å²) < 4.78 is 33.7. The van der Waals surface area contributed by atoms with Crippen LogP contribution in [0.2, 0.25) is 0 Å². The van der Waals surface area contributed by atoms with Gasteiger partial charge in [-0.05, 0) is 49.9 Å². The van der Waals surface area contributed by atoms with Crippen LogP contribution in [0, 0.1) is 13.8 Å². The number of aliphatic carboxylic acids is 1. The quantitative estimate of drug-likeness (QED) is 0.443. The lowest BCUT2D eigenvalue weighted by atomic mass is 10.1. The minimum atomic E-state index is -5.08. The summed E-state index contributed by atoms with van der Waals surface area (Å²) in [5.74, 6) is -2.41. The van der Waals surface area contributed by atoms with Gasteiger partial charge in [0.2, 0.25) is 0 Å². The van der Waals surface area contributed by atoms with Crippen LogP contribution in [0.3, 0.4) is 0 Å². The van der Waals surface area contributed by atoms with Gasteiger partial charge in [0.15, 0.2) is 11.5 Å². The van der Waals surface area contributed by atoms with Crippen molar-refractivity contribution < 1.29 is 32.7 Å². The van der Waals surface area contributed by atoms with Gasteiger partial charge in [-0.15, -0.1) is 0 Å². The Hall–Kier alpha value is -3.90. The third kappa shape index (κ3) is 7.30. The summed E-state index contributed by atoms with van der Waals surface area (Å²) in [6.07, 6.45) is 0.147. The van der Waals surface area contributed by atoms with Crippen molar-refractivity contribution in [3.05, 3.63) is 44.1 Å². The maximum atomic E-state index is 12.2. The van der Waals surface area contributed by atoms with Crippen LogP contribution in [-0.4, -0.2) is 55.5 Å². The number of carbonyl (C=O) groups is 1. The largest absolute Gasteiger partial charge is 0.490 e. The molecule has 4 rings (SSSR count). The highest BCUT2D eigenvalue weighted by Gasteiger charge is 2.38. The second-order valence-corrected chi connectivity index (χ2v) is 8.05. The van der Waals surface area contributed by atoms with Crippen LogP contribution >= 0.6 is 0 Å². The number of nitrogens with zero attached hydrogens (tertiary/aromatic N) is 3. The lowest BCUT2D eigenvalue weighted by Crippen LogP contribution is -2.32. The number of aromatic nitrogens is 4. The van der Waals surface area contributed by atoms with Gasteiger partial charge in [0.1, 0.15) is 0 Å². The maximum absolute atomic E-state index is 12.2. The number of nitrogens with one attached hydrogen (secondary N) is 2. The number of alkyl halides is 3. The first-order valence-electron chi connectivity index (χ1n) is 10.8. The highest BCUT2D eigenvalue weighted by atomic mass is 19.4. The highest BCUT2D eigenvalue weighted by molar-refractivity contribution is 5.81. The fourth-order valence-corrected chi connectivity index (χ4v) is 3.79. The number of carbonyl (C=O) groups excluding carboxylic acids is 2. The molecular formula is C22H24F3N5O6. The number of halogens is 3. The zero-order valence-corrected chi connectivity index (χ0v) is 19.4. The zero-order valence-electron chi connectivity index (χ0n) is 19.4. The molecule has 11 nitrogen and oxygen atoms in total. The molecule has 0 amide bonds. The Labute approximate surface area is 201 Å². The summed E-state index contributed by atoms with van der Waals surface area (Å²) in [5.41, 5.74) is 2.98. The second kappa shape index (κ2) is 12.2. The number of aromatic amines is 1. The molecule has 3 N–H and O–H groups in total. The minimum absolute atomic E-state index is 0.209. The molecule has 0 aromatic heterocycles. The summed E-state index contributed by atoms with van der Waals surface area (Å²) in [7, 11) is 0. The van der Waals surface area contributed by atoms with Crippen molar-refractivity contribution in [2.45, 2.75) is 58.3 Å². The van der Waals surface area contributed by atoms with Gasteiger partial charge >= 0.3 is 24.0 Å². The molecule has 0 radical (unpaired) electrons. The predicted molar refractivity (Wildman–Crippen MR) is 119 cm³/mol. The summed E-state index contributed by atoms with van der Waals surface area (Å²) in [5, 5.41) is 10.7. The molecule has 0 unspecified atom stereocenters. The topological polar surface area (TPSA) is 164 Å². The van der Waals surface area contributed by atoms with Gasteiger partial charge in [-0.25, -0.2) is 14.6 Å². The molecule has 14 heteroatoms. The standard InChI is InChI=1S/C19H23N5O2.C2HF3O2.CO2/c1-11-9-14-15(10-12(11)2)24(8-7-20-13-5-3-4-6-13)17-16(21-14)18(25)23-19(26)22-17;3-2(4,5)1(6)7;2-1-3/h9-10,13,20H,3-8H2,1-2H3,(H,23,25,26);(H,6,7);. The van der Waals surface area contributed by atoms with Crippen LogP contribution in [0.4, 0.5) is 13.2 Å². The van der Waals surface area contributed by atoms with Crippen molar-refractivity contribution in [2.75, 3.05) is 6.54 Å². The molecule has 2 heterocycles. The predicted octanol–water partition coefficient (Wildman–Crippen LogP) is 1.78. The third-order valence-corrected chi connectivity index (χ3v) is 5.59. The zero-order chi connectivity index (χ0) is 27.0. The maximum Gasteiger partial charge on any atom is 0.490 e. The SMILES string of the molecule is Cc1cc2nc3c(=O)[nH]c(=O)nc-3n(CCNC3CCCC3)c2cc1C.O=C(O)C(F)(F)F.O=C=O. The van der Waals surface area contributed by atoms with Crippen LogP contribution in [0.15, 0.2) is 21.7 Å². The number of hydrogen-bond acceptors (Lipinski definition) is 8. The molecule has 1 aromatic rings. The van der Waals surface area contributed by atoms with Crippen molar-refractivity contribution >= 4 is 23.2 Å². The van der Waals surface area contributed by atoms with Gasteiger partial charge in [0.05, 0.1) is 11.0 Å². The number of H-pyrrole nitrogens is 1. The molecule has 1 fully saturated rings. The Morgan fingerprint density at radius 3 is 2.28 bits per heavy atom. The van der Waals surface area contributed by atoms with E-state index in [2.05, 4.69) is 26.3 Å². The number of benzene rings is 1. The van der Waals surface area contributed by atoms with Gasteiger partial charge in [-0.2, -0.15) is 27.7 Å². The van der Waals surface area contributed by atoms with E-state index in [9.17, 15) is 22.8 Å². The number of carboxylic acids is 1. The Morgan fingerprint density at radius 2 is 1.72 bits per heavy atom. The van der Waals surface area contributed by atoms with E-state index in [0.717, 1.165) is 28.7 Å². The van der Waals surface area contributed by atoms with E-state index in [1.165, 1.54) is 25.7 Å². The van der Waals surface area contributed by atoms with Crippen LogP contribution in [0.5, 0.6) is 0 Å². The van der Waals surface area contributed by atoms with Crippen LogP contribution in [0.25, 0.3) is 22.6 Å². The lowest BCUT2D eigenvalue weighted by molar-refractivity contribution is -0.193. The Balaban J connectivity index is 0.000000391. The Kier molecular flexibility index (Phi) is 9.59. The summed E-state index contributed by atoms with van der Waals surface area (Å²) in [4.78, 5) is 59.9. The monoisotopic (exact) mass is 511 g/mol. The number of carboxylic acid groups (broad SMARTS) is 1. The molecular weight excluding hydrogens is 487 g/mol. The number of aryl methyl sites for hydroxylation is 2. The van der Waals surface area contributed by atoms with Crippen molar-refractivity contribution in [3.8, 4) is 11.5 Å². The summed E-state index contributed by atoms with van der Waals surface area (Å²) in [6, 6.07) is 4.60. The van der Waals surface area contributed by atoms with E-state index in [1.807, 2.05) is 24.5 Å². The van der Waals surface area contributed by atoms with Gasteiger partial charge in [0.25, 0.3) is 5.56 Å². The van der Waals surface area contributed by atoms with Crippen LogP contribution < -0.4 is 16.6 Å². The third-order valence-electron chi connectivity index (χ3n) is 5.59. The van der Waals surface area contributed by atoms with Crippen molar-refractivity contribution in [1.29, 1.82) is 0 Å². The smallest absolute Gasteiger partial charge is 0.475 e. The Bertz CT molecular complexity index is 1340. The molecule has 194 valence electrons. The molecule has 1 saturated carbocycles. The van der Waals surface area contributed by atoms with E-state index in [1.54, 1.807) is 0 Å². The van der Waals surface area contributed by atoms with E-state index < -0.39 is 23.4 Å². The first kappa shape index (κ1) is 28.3. The number of fused-ring (bicyclic) bond motifs is 2. The Morgan fingerprint density at radius 1 is 1.17 bits per heavy atom. The lowest BCUT2D eigenvalue weighted by Gasteiger charge is -2.19. The molecule has 0 saturated heterocycles. The van der Waals surface area contributed by atoms with Crippen molar-refractivity contribution in [2.24, 2.45) is 0 Å². The first-order valence-corrected chi connectivity index (χ1v) is 10.8. The molecule has 0 spiro atoms. The molecule has 1 aromatic carbocycles. The fourth-order valence-electron chi connectivity index (χ4n) is 3.79. The average Bonchev–Trinajstić information content (AvgIpc) is 3.29. The van der Waals surface area contributed by atoms with E-state index in [-0.39, 0.29) is 11.8 Å². The molecule has 0 atom stereocenters. The number of hydrogen-bond donors (Lipinski definition) is 3. The fraction of sp³-hybridized carbons (Fsp3) is 0.455. The van der Waals surface area contributed by atoms with Gasteiger partial charge < -0.3 is 15.0 Å². The molecule has 36 heavy (non-hydrogen) atoms. The van der Waals surface area contributed by atoms with E-state index >= 15 is 0 Å². The number of rotatable bonds is 4. The summed E-state index contributed by atoms with van der Waals surface area (Å²) in [6.45, 7) is 5.46. The normalized spacial score (nSPS) is 13.5. The van der Waals surface area contributed by atoms with Crippen molar-refractivity contribution in [1.82, 2.24) is 24.8 Å². The van der Waals surface area contributed by atoms with Crippen molar-refractivity contribution in [3.63, 3.8) is 0 Å². The van der Waals surface area contributed by atoms with E-state index in [4.69, 9.17) is 19.5 Å². The van der Waals surface area contributed by atoms with Gasteiger partial charge in [-0.3, -0.25) is 9.78 Å². The molecule has 3 aliphatic rings. The average molecular weight is 511 g/mol. The molecule has 0 bridgehead atoms. The van der Waals surface area contributed by atoms with Gasteiger partial charge in [-0.1, -0.05) is 12.8 Å². The molecule has 2 aliphatic heterocycles. The summed E-state index contributed by atoms with van der Waals surface area (Å²) >= 11 is 0. The first-order chi connectivity index (χ1) is 16.9. The van der Waals surface area contributed by atoms with Gasteiger partial charge in [0, 0.05) is 19.1 Å². The minimum Gasteiger partial charge on any atom is -0.475 e. The molecule has 1 aliphatic carbocycles. The van der Waals surface area contributed by atoms with Crippen LogP contribution in [-0.2, 0) is 20.9 Å². The second-order valence-electron chi connectivity index (χ2n) is 8.05. The highest BCUT2D eigenvalue weighted by Crippen LogP contribution is 2.24. The van der Waals surface area contributed by atoms with Crippen LogP contribution in [0.1, 0.15) is 36.8 Å².